The van der Waals surface area contributed by atoms with Crippen molar-refractivity contribution in [3.8, 4) is 11.5 Å². The van der Waals surface area contributed by atoms with E-state index in [9.17, 15) is 14.4 Å². The van der Waals surface area contributed by atoms with Crippen LogP contribution in [-0.2, 0) is 31.8 Å². The van der Waals surface area contributed by atoms with E-state index in [2.05, 4.69) is 5.32 Å². The number of hydrogen-bond acceptors (Lipinski definition) is 6. The summed E-state index contributed by atoms with van der Waals surface area (Å²) in [5.41, 5.74) is 0.750. The third-order valence-corrected chi connectivity index (χ3v) is 5.39. The molecule has 32 heavy (non-hydrogen) atoms. The number of nitrogens with one attached hydrogen (secondary N) is 1. The van der Waals surface area contributed by atoms with Crippen LogP contribution < -0.4 is 26.0 Å². The Morgan fingerprint density at radius 2 is 1.72 bits per heavy atom. The van der Waals surface area contributed by atoms with Gasteiger partial charge in [-0.25, -0.2) is 4.79 Å². The van der Waals surface area contributed by atoms with Crippen molar-refractivity contribution in [1.29, 1.82) is 0 Å². The molecular formula is C22H28N4O6. The van der Waals surface area contributed by atoms with Crippen LogP contribution in [-0.4, -0.2) is 54.1 Å². The average molecular weight is 444 g/mol. The summed E-state index contributed by atoms with van der Waals surface area (Å²) in [4.78, 5) is 38.0. The number of aromatic nitrogens is 3. The molecule has 0 radical (unpaired) electrons. The second-order valence-corrected chi connectivity index (χ2v) is 7.31. The molecule has 172 valence electrons. The highest BCUT2D eigenvalue weighted by Crippen LogP contribution is 2.27. The Balaban J connectivity index is 1.87. The first-order valence-corrected chi connectivity index (χ1v) is 10.1. The third kappa shape index (κ3) is 4.26. The largest absolute Gasteiger partial charge is 0.493 e. The summed E-state index contributed by atoms with van der Waals surface area (Å²) in [7, 11) is 7.68. The number of ether oxygens (including phenoxy) is 3. The molecule has 0 saturated carbocycles. The predicted octanol–water partition coefficient (Wildman–Crippen LogP) is 0.675. The van der Waals surface area contributed by atoms with Crippen molar-refractivity contribution < 1.29 is 19.0 Å². The van der Waals surface area contributed by atoms with Crippen molar-refractivity contribution in [2.45, 2.75) is 13.0 Å². The first kappa shape index (κ1) is 23.1. The normalized spacial score (nSPS) is 11.0. The Kier molecular flexibility index (Phi) is 7.04. The molecule has 1 aromatic carbocycles. The van der Waals surface area contributed by atoms with Gasteiger partial charge < -0.3 is 24.1 Å². The summed E-state index contributed by atoms with van der Waals surface area (Å²) in [5.74, 6) is 0.912. The van der Waals surface area contributed by atoms with E-state index in [0.29, 0.717) is 54.3 Å². The van der Waals surface area contributed by atoms with Crippen LogP contribution in [0.2, 0.25) is 0 Å². The number of aryl methyl sites for hydroxylation is 1. The van der Waals surface area contributed by atoms with E-state index in [1.807, 2.05) is 18.2 Å². The molecule has 0 saturated heterocycles. The molecule has 0 aliphatic heterocycles. The van der Waals surface area contributed by atoms with Gasteiger partial charge in [0, 0.05) is 34.3 Å². The highest BCUT2D eigenvalue weighted by molar-refractivity contribution is 5.97. The number of carbonyl (C=O) groups is 1. The molecule has 10 nitrogen and oxygen atoms in total. The fourth-order valence-electron chi connectivity index (χ4n) is 3.69. The molecule has 0 atom stereocenters. The Morgan fingerprint density at radius 1 is 1.00 bits per heavy atom. The highest BCUT2D eigenvalue weighted by Gasteiger charge is 2.21. The summed E-state index contributed by atoms with van der Waals surface area (Å²) < 4.78 is 19.8. The van der Waals surface area contributed by atoms with Gasteiger partial charge in [0.2, 0.25) is 0 Å². The lowest BCUT2D eigenvalue weighted by molar-refractivity contribution is 0.0942. The van der Waals surface area contributed by atoms with E-state index in [4.69, 9.17) is 14.2 Å². The average Bonchev–Trinajstić information content (AvgIpc) is 3.19. The lowest BCUT2D eigenvalue weighted by atomic mass is 10.1. The van der Waals surface area contributed by atoms with E-state index in [-0.39, 0.29) is 5.91 Å². The minimum atomic E-state index is -0.459. The van der Waals surface area contributed by atoms with E-state index in [1.165, 1.54) is 17.7 Å². The van der Waals surface area contributed by atoms with Crippen LogP contribution in [0.15, 0.2) is 33.9 Å². The third-order valence-electron chi connectivity index (χ3n) is 5.39. The maximum Gasteiger partial charge on any atom is 0.332 e. The molecule has 0 aliphatic carbocycles. The van der Waals surface area contributed by atoms with Gasteiger partial charge in [0.15, 0.2) is 11.5 Å². The molecule has 1 N–H and O–H groups in total. The van der Waals surface area contributed by atoms with Gasteiger partial charge in [0.05, 0.1) is 26.2 Å². The monoisotopic (exact) mass is 444 g/mol. The maximum atomic E-state index is 13.0. The van der Waals surface area contributed by atoms with Crippen LogP contribution in [0.1, 0.15) is 16.1 Å². The van der Waals surface area contributed by atoms with Gasteiger partial charge in [-0.3, -0.25) is 18.7 Å². The van der Waals surface area contributed by atoms with Crippen LogP contribution in [0, 0.1) is 0 Å². The van der Waals surface area contributed by atoms with E-state index < -0.39 is 11.2 Å². The standard InChI is InChI=1S/C22H28N4O6/c1-24-20-15(21(28)25(2)22(24)29)13-16(26(20)10-11-30-3)19(27)23-9-8-14-6-7-17(31-4)18(12-14)32-5/h6-7,12-13H,8-11H2,1-5H3,(H,23,27). The van der Waals surface area contributed by atoms with Gasteiger partial charge >= 0.3 is 5.69 Å². The number of nitrogens with zero attached hydrogens (tertiary/aromatic N) is 3. The van der Waals surface area contributed by atoms with Gasteiger partial charge in [-0.05, 0) is 30.2 Å². The molecule has 3 rings (SSSR count). The quantitative estimate of drug-likeness (QED) is 0.520. The van der Waals surface area contributed by atoms with Crippen molar-refractivity contribution in [1.82, 2.24) is 19.0 Å². The van der Waals surface area contributed by atoms with Gasteiger partial charge in [-0.1, -0.05) is 6.07 Å². The molecule has 0 unspecified atom stereocenters. The lowest BCUT2D eigenvalue weighted by Crippen LogP contribution is -2.37. The van der Waals surface area contributed by atoms with Crippen LogP contribution in [0.25, 0.3) is 11.0 Å². The lowest BCUT2D eigenvalue weighted by Gasteiger charge is -2.13. The summed E-state index contributed by atoms with van der Waals surface area (Å²) in [6.45, 7) is 1.01. The molecule has 0 fully saturated rings. The van der Waals surface area contributed by atoms with Crippen molar-refractivity contribution in [3.63, 3.8) is 0 Å². The second-order valence-electron chi connectivity index (χ2n) is 7.31. The number of hydrogen-bond donors (Lipinski definition) is 1. The molecule has 0 aliphatic rings. The number of fused-ring (bicyclic) bond motifs is 1. The molecule has 1 amide bonds. The zero-order chi connectivity index (χ0) is 23.4. The Morgan fingerprint density at radius 3 is 2.38 bits per heavy atom. The topological polar surface area (TPSA) is 106 Å². The Labute approximate surface area is 184 Å². The summed E-state index contributed by atoms with van der Waals surface area (Å²) in [6, 6.07) is 7.11. The molecule has 0 spiro atoms. The first-order valence-electron chi connectivity index (χ1n) is 10.1. The molecular weight excluding hydrogens is 416 g/mol. The fourth-order valence-corrected chi connectivity index (χ4v) is 3.69. The smallest absolute Gasteiger partial charge is 0.332 e. The van der Waals surface area contributed by atoms with Crippen molar-refractivity contribution in [3.05, 3.63) is 56.4 Å². The summed E-state index contributed by atoms with van der Waals surface area (Å²) >= 11 is 0. The van der Waals surface area contributed by atoms with Gasteiger partial charge in [-0.15, -0.1) is 0 Å². The first-order chi connectivity index (χ1) is 15.3. The summed E-state index contributed by atoms with van der Waals surface area (Å²) in [6.07, 6.45) is 0.574. The minimum absolute atomic E-state index is 0.294. The zero-order valence-electron chi connectivity index (χ0n) is 18.9. The van der Waals surface area contributed by atoms with Crippen LogP contribution in [0.3, 0.4) is 0 Å². The summed E-state index contributed by atoms with van der Waals surface area (Å²) in [5, 5.41) is 3.19. The maximum absolute atomic E-state index is 13.0. The second kappa shape index (κ2) is 9.73. The number of benzene rings is 1. The van der Waals surface area contributed by atoms with E-state index in [1.54, 1.807) is 32.9 Å². The van der Waals surface area contributed by atoms with Gasteiger partial charge in [-0.2, -0.15) is 0 Å². The zero-order valence-corrected chi connectivity index (χ0v) is 18.9. The fraction of sp³-hybridized carbons (Fsp3) is 0.409. The molecule has 2 aromatic heterocycles. The Bertz CT molecular complexity index is 1250. The van der Waals surface area contributed by atoms with Gasteiger partial charge in [0.1, 0.15) is 11.3 Å². The highest BCUT2D eigenvalue weighted by atomic mass is 16.5. The molecule has 3 aromatic rings. The van der Waals surface area contributed by atoms with Gasteiger partial charge in [0.25, 0.3) is 11.5 Å². The number of amides is 1. The van der Waals surface area contributed by atoms with Crippen LogP contribution >= 0.6 is 0 Å². The molecule has 2 heterocycles. The van der Waals surface area contributed by atoms with Crippen molar-refractivity contribution in [2.24, 2.45) is 14.1 Å². The Hall–Kier alpha value is -3.53. The minimum Gasteiger partial charge on any atom is -0.493 e. The van der Waals surface area contributed by atoms with Crippen LogP contribution in [0.5, 0.6) is 11.5 Å². The van der Waals surface area contributed by atoms with Crippen molar-refractivity contribution >= 4 is 16.9 Å². The number of methoxy groups -OCH3 is 3. The number of carbonyl (C=O) groups excluding carboxylic acids is 1. The SMILES string of the molecule is COCCn1c(C(=O)NCCc2ccc(OC)c(OC)c2)cc2c(=O)n(C)c(=O)n(C)c21. The van der Waals surface area contributed by atoms with E-state index >= 15 is 0 Å². The van der Waals surface area contributed by atoms with E-state index in [0.717, 1.165) is 10.1 Å². The van der Waals surface area contributed by atoms with Crippen LogP contribution in [0.4, 0.5) is 0 Å². The molecule has 10 heteroatoms. The molecule has 0 bridgehead atoms. The predicted molar refractivity (Wildman–Crippen MR) is 120 cm³/mol. The number of rotatable bonds is 9. The van der Waals surface area contributed by atoms with Crippen molar-refractivity contribution in [2.75, 3.05) is 34.5 Å².